The van der Waals surface area contributed by atoms with Gasteiger partial charge in [-0.3, -0.25) is 0 Å². The Labute approximate surface area is 93.1 Å². The molecule has 0 aromatic carbocycles. The lowest BCUT2D eigenvalue weighted by atomic mass is 10.1. The highest BCUT2D eigenvalue weighted by atomic mass is 28.3. The second-order valence-electron chi connectivity index (χ2n) is 6.46. The first-order chi connectivity index (χ1) is 5.73. The Morgan fingerprint density at radius 2 is 0.643 bits per heavy atom. The van der Waals surface area contributed by atoms with E-state index < -0.39 is 0 Å². The van der Waals surface area contributed by atoms with Gasteiger partial charge < -0.3 is 11.5 Å². The van der Waals surface area contributed by atoms with Crippen LogP contribution in [0.3, 0.4) is 0 Å². The normalized spacial score (nSPS) is 11.1. The molecule has 0 fully saturated rings. The van der Waals surface area contributed by atoms with Crippen LogP contribution in [-0.4, -0.2) is 19.9 Å². The van der Waals surface area contributed by atoms with E-state index in [-0.39, 0.29) is 19.9 Å². The van der Waals surface area contributed by atoms with E-state index in [4.69, 9.17) is 11.5 Å². The molecule has 0 amide bonds. The van der Waals surface area contributed by atoms with Crippen LogP contribution in [-0.2, 0) is 0 Å². The van der Waals surface area contributed by atoms with Crippen molar-refractivity contribution in [1.29, 1.82) is 0 Å². The fourth-order valence-electron chi connectivity index (χ4n) is 0. The largest absolute Gasteiger partial charge is 0.326 e. The molecule has 0 aromatic rings. The van der Waals surface area contributed by atoms with E-state index in [1.54, 1.807) is 0 Å². The van der Waals surface area contributed by atoms with Crippen LogP contribution in [0.1, 0.15) is 41.5 Å². The maximum absolute atomic E-state index is 5.35. The van der Waals surface area contributed by atoms with Crippen molar-refractivity contribution in [3.8, 4) is 0 Å². The Kier molecular flexibility index (Phi) is 11.9. The van der Waals surface area contributed by atoms with E-state index in [1.807, 2.05) is 41.5 Å². The number of hydrogen-bond donors (Lipinski definition) is 2. The Bertz CT molecular complexity index is 82.7. The summed E-state index contributed by atoms with van der Waals surface area (Å²) in [6.07, 6.45) is 0. The van der Waals surface area contributed by atoms with Crippen molar-refractivity contribution in [1.82, 2.24) is 0 Å². The Morgan fingerprint density at radius 1 is 0.643 bits per heavy atom. The highest BCUT2D eigenvalue weighted by Gasteiger charge is 1.96. The molecule has 0 saturated heterocycles. The summed E-state index contributed by atoms with van der Waals surface area (Å²) >= 11 is 0. The molecule has 0 rings (SSSR count). The minimum absolute atomic E-state index is 0. The second-order valence-corrected chi connectivity index (χ2v) is 9.93. The van der Waals surface area contributed by atoms with Crippen LogP contribution >= 0.6 is 0 Å². The number of hydrogen-bond acceptors (Lipinski definition) is 2. The van der Waals surface area contributed by atoms with Crippen LogP contribution in [0.4, 0.5) is 0 Å². The first-order valence-electron chi connectivity index (χ1n) is 5.31. The van der Waals surface area contributed by atoms with Gasteiger partial charge in [0.1, 0.15) is 0 Å². The summed E-state index contributed by atoms with van der Waals surface area (Å²) in [5.41, 5.74) is 10.7. The van der Waals surface area contributed by atoms with Gasteiger partial charge in [0.05, 0.1) is 0 Å². The zero-order valence-corrected chi connectivity index (χ0v) is 12.9. The topological polar surface area (TPSA) is 52.0 Å². The zero-order valence-electron chi connectivity index (χ0n) is 11.7. The molecule has 0 bridgehead atoms. The molecule has 0 aromatic heterocycles. The van der Waals surface area contributed by atoms with Crippen LogP contribution in [0.15, 0.2) is 0 Å². The highest BCUT2D eigenvalue weighted by molar-refractivity contribution is 6.54. The standard InChI is InChI=1S/2C4H11N.C3H10Si/c2*1-4(2,3)5;1-4(2)3/h2*5H2,1-3H3;4H,1-3H3. The van der Waals surface area contributed by atoms with Crippen molar-refractivity contribution in [2.45, 2.75) is 72.3 Å². The predicted molar refractivity (Wildman–Crippen MR) is 72.6 cm³/mol. The molecule has 4 N–H and O–H groups in total. The maximum atomic E-state index is 5.35. The third kappa shape index (κ3) is 80300. The first-order valence-corrected chi connectivity index (χ1v) is 8.77. The molecule has 0 spiro atoms. The molecular weight excluding hydrogens is 188 g/mol. The summed E-state index contributed by atoms with van der Waals surface area (Å²) in [5.74, 6) is 0. The summed E-state index contributed by atoms with van der Waals surface area (Å²) < 4.78 is 0. The SMILES string of the molecule is CC(C)(C)N.CC(C)(C)N.C[SiH](C)C. The van der Waals surface area contributed by atoms with Crippen LogP contribution in [0.25, 0.3) is 0 Å². The fourth-order valence-corrected chi connectivity index (χ4v) is 0. The maximum Gasteiger partial charge on any atom is 0.0274 e. The summed E-state index contributed by atoms with van der Waals surface area (Å²) in [5, 5.41) is 0. The van der Waals surface area contributed by atoms with E-state index in [9.17, 15) is 0 Å². The molecule has 0 heterocycles. The molecule has 14 heavy (non-hydrogen) atoms. The highest BCUT2D eigenvalue weighted by Crippen LogP contribution is 1.88. The van der Waals surface area contributed by atoms with Gasteiger partial charge in [-0.2, -0.15) is 0 Å². The fraction of sp³-hybridized carbons (Fsp3) is 1.00. The average molecular weight is 220 g/mol. The molecule has 2 nitrogen and oxygen atoms in total. The van der Waals surface area contributed by atoms with Crippen molar-refractivity contribution in [2.24, 2.45) is 11.5 Å². The lowest BCUT2D eigenvalue weighted by Crippen LogP contribution is -2.26. The van der Waals surface area contributed by atoms with Gasteiger partial charge in [0.2, 0.25) is 0 Å². The molecule has 0 aliphatic rings. The van der Waals surface area contributed by atoms with Gasteiger partial charge >= 0.3 is 0 Å². The van der Waals surface area contributed by atoms with Crippen LogP contribution in [0.5, 0.6) is 0 Å². The van der Waals surface area contributed by atoms with Crippen LogP contribution < -0.4 is 11.5 Å². The van der Waals surface area contributed by atoms with Gasteiger partial charge in [0, 0.05) is 19.9 Å². The zero-order chi connectivity index (χ0) is 12.6. The first kappa shape index (κ1) is 19.7. The van der Waals surface area contributed by atoms with E-state index in [0.717, 1.165) is 0 Å². The van der Waals surface area contributed by atoms with E-state index in [0.29, 0.717) is 0 Å². The summed E-state index contributed by atoms with van der Waals surface area (Å²) in [4.78, 5) is 0. The number of rotatable bonds is 0. The van der Waals surface area contributed by atoms with Gasteiger partial charge in [0.15, 0.2) is 0 Å². The molecule has 3 heteroatoms. The van der Waals surface area contributed by atoms with Gasteiger partial charge in [-0.15, -0.1) is 0 Å². The molecular formula is C11H32N2Si. The summed E-state index contributed by atoms with van der Waals surface area (Å²) in [6, 6.07) is 0. The minimum Gasteiger partial charge on any atom is -0.326 e. The van der Waals surface area contributed by atoms with E-state index >= 15 is 0 Å². The molecule has 0 radical (unpaired) electrons. The van der Waals surface area contributed by atoms with Gasteiger partial charge in [0.25, 0.3) is 0 Å². The Morgan fingerprint density at radius 3 is 0.643 bits per heavy atom. The molecule has 0 saturated carbocycles. The lowest BCUT2D eigenvalue weighted by molar-refractivity contribution is 0.579. The smallest absolute Gasteiger partial charge is 0.0274 e. The van der Waals surface area contributed by atoms with Crippen molar-refractivity contribution >= 4 is 8.80 Å². The van der Waals surface area contributed by atoms with E-state index in [1.165, 1.54) is 0 Å². The quantitative estimate of drug-likeness (QED) is 0.617. The Balaban J connectivity index is -0.000000131. The predicted octanol–water partition coefficient (Wildman–Crippen LogP) is 2.59. The lowest BCUT2D eigenvalue weighted by Gasteiger charge is -2.06. The molecule has 90 valence electrons. The van der Waals surface area contributed by atoms with Gasteiger partial charge in [-0.1, -0.05) is 19.6 Å². The molecule has 0 aliphatic heterocycles. The van der Waals surface area contributed by atoms with Crippen molar-refractivity contribution in [3.63, 3.8) is 0 Å². The van der Waals surface area contributed by atoms with Gasteiger partial charge in [-0.05, 0) is 41.5 Å². The molecule has 0 aliphatic carbocycles. The van der Waals surface area contributed by atoms with Gasteiger partial charge in [-0.25, -0.2) is 0 Å². The summed E-state index contributed by atoms with van der Waals surface area (Å²) in [7, 11) is -0.139. The minimum atomic E-state index is -0.139. The third-order valence-corrected chi connectivity index (χ3v) is 0. The van der Waals surface area contributed by atoms with Crippen LogP contribution in [0.2, 0.25) is 19.6 Å². The molecule has 0 unspecified atom stereocenters. The van der Waals surface area contributed by atoms with E-state index in [2.05, 4.69) is 19.6 Å². The van der Waals surface area contributed by atoms with Crippen LogP contribution in [0, 0.1) is 0 Å². The monoisotopic (exact) mass is 220 g/mol. The number of nitrogens with two attached hydrogens (primary N) is 2. The van der Waals surface area contributed by atoms with Crippen molar-refractivity contribution < 1.29 is 0 Å². The van der Waals surface area contributed by atoms with Crippen molar-refractivity contribution in [3.05, 3.63) is 0 Å². The van der Waals surface area contributed by atoms with Crippen molar-refractivity contribution in [2.75, 3.05) is 0 Å². The average Bonchev–Trinajstić information content (AvgIpc) is 1.45. The summed E-state index contributed by atoms with van der Waals surface area (Å²) in [6.45, 7) is 18.7. The third-order valence-electron chi connectivity index (χ3n) is 0. The second kappa shape index (κ2) is 8.45. The Hall–Kier alpha value is 0.137. The molecule has 0 atom stereocenters.